The number of hydrogen-bond acceptors (Lipinski definition) is 5. The van der Waals surface area contributed by atoms with E-state index >= 15 is 0 Å². The number of methoxy groups -OCH3 is 1. The van der Waals surface area contributed by atoms with E-state index in [0.717, 1.165) is 36.2 Å². The molecule has 0 saturated heterocycles. The molecule has 1 aliphatic carbocycles. The lowest BCUT2D eigenvalue weighted by molar-refractivity contribution is 0.0601. The van der Waals surface area contributed by atoms with Gasteiger partial charge >= 0.3 is 5.97 Å². The van der Waals surface area contributed by atoms with E-state index in [2.05, 4.69) is 36.5 Å². The first-order chi connectivity index (χ1) is 13.8. The molecule has 158 valence electrons. The van der Waals surface area contributed by atoms with Gasteiger partial charge in [-0.3, -0.25) is 4.68 Å². The van der Waals surface area contributed by atoms with Crippen molar-refractivity contribution in [1.82, 2.24) is 15.1 Å². The van der Waals surface area contributed by atoms with Crippen molar-refractivity contribution in [1.29, 1.82) is 0 Å². The van der Waals surface area contributed by atoms with Gasteiger partial charge in [-0.2, -0.15) is 5.10 Å². The fraction of sp³-hybridized carbons (Fsp3) is 0.571. The predicted molar refractivity (Wildman–Crippen MR) is 122 cm³/mol. The molecule has 0 spiro atoms. The van der Waals surface area contributed by atoms with Crippen LogP contribution in [-0.4, -0.2) is 34.0 Å². The van der Waals surface area contributed by atoms with Crippen LogP contribution in [0.25, 0.3) is 0 Å². The fourth-order valence-electron chi connectivity index (χ4n) is 3.58. The first kappa shape index (κ1) is 21.8. The average Bonchev–Trinajstić information content (AvgIpc) is 3.22. The molecule has 0 amide bonds. The van der Waals surface area contributed by atoms with E-state index in [1.54, 1.807) is 17.5 Å². The van der Waals surface area contributed by atoms with Crippen molar-refractivity contribution >= 4 is 39.6 Å². The summed E-state index contributed by atoms with van der Waals surface area (Å²) in [4.78, 5) is 13.8. The molecular weight excluding hydrogens is 404 g/mol. The highest BCUT2D eigenvalue weighted by Gasteiger charge is 2.28. The van der Waals surface area contributed by atoms with Crippen LogP contribution in [0.5, 0.6) is 0 Å². The number of carbonyl (C=O) groups excluding carboxylic acids is 1. The van der Waals surface area contributed by atoms with Crippen molar-refractivity contribution in [2.75, 3.05) is 12.4 Å². The van der Waals surface area contributed by atoms with Crippen molar-refractivity contribution in [2.24, 2.45) is 5.41 Å². The highest BCUT2D eigenvalue weighted by Crippen LogP contribution is 2.38. The van der Waals surface area contributed by atoms with E-state index < -0.39 is 0 Å². The largest absolute Gasteiger partial charge is 0.465 e. The van der Waals surface area contributed by atoms with Crippen molar-refractivity contribution in [3.8, 4) is 0 Å². The van der Waals surface area contributed by atoms with Gasteiger partial charge < -0.3 is 15.4 Å². The molecule has 0 fully saturated rings. The lowest BCUT2D eigenvalue weighted by atomic mass is 9.87. The Labute approximate surface area is 182 Å². The number of rotatable bonds is 5. The predicted octanol–water partition coefficient (Wildman–Crippen LogP) is 4.40. The van der Waals surface area contributed by atoms with Crippen molar-refractivity contribution in [2.45, 2.75) is 65.5 Å². The van der Waals surface area contributed by atoms with Gasteiger partial charge in [0.1, 0.15) is 5.00 Å². The summed E-state index contributed by atoms with van der Waals surface area (Å²) in [6, 6.07) is 1.99. The molecule has 0 radical (unpaired) electrons. The van der Waals surface area contributed by atoms with Crippen LogP contribution in [0.3, 0.4) is 0 Å². The van der Waals surface area contributed by atoms with E-state index in [-0.39, 0.29) is 17.4 Å². The summed E-state index contributed by atoms with van der Waals surface area (Å²) in [6.45, 7) is 7.21. The molecule has 6 nitrogen and oxygen atoms in total. The zero-order valence-electron chi connectivity index (χ0n) is 17.6. The fourth-order valence-corrected chi connectivity index (χ4v) is 5.17. The molecule has 2 heterocycles. The molecule has 1 unspecified atom stereocenters. The molecule has 29 heavy (non-hydrogen) atoms. The number of carbonyl (C=O) groups is 1. The Balaban J connectivity index is 1.79. The van der Waals surface area contributed by atoms with Gasteiger partial charge in [-0.1, -0.05) is 27.2 Å². The molecule has 1 aliphatic rings. The van der Waals surface area contributed by atoms with Gasteiger partial charge in [0.15, 0.2) is 5.11 Å². The molecular formula is C21H30N4O2S2. The maximum atomic E-state index is 12.5. The van der Waals surface area contributed by atoms with E-state index in [4.69, 9.17) is 17.0 Å². The summed E-state index contributed by atoms with van der Waals surface area (Å²) >= 11 is 7.26. The molecule has 2 N–H and O–H groups in total. The third-order valence-corrected chi connectivity index (χ3v) is 6.74. The maximum absolute atomic E-state index is 12.5. The molecule has 0 bridgehead atoms. The van der Waals surface area contributed by atoms with Gasteiger partial charge in [-0.25, -0.2) is 4.79 Å². The quantitative estimate of drug-likeness (QED) is 0.413. The second-order valence-corrected chi connectivity index (χ2v) is 10.0. The number of hydrogen-bond donors (Lipinski definition) is 2. The summed E-state index contributed by atoms with van der Waals surface area (Å²) in [6.07, 6.45) is 9.11. The van der Waals surface area contributed by atoms with E-state index in [1.807, 2.05) is 16.9 Å². The second kappa shape index (κ2) is 9.26. The number of nitrogens with one attached hydrogen (secondary N) is 2. The Bertz CT molecular complexity index is 853. The van der Waals surface area contributed by atoms with Crippen LogP contribution in [0.4, 0.5) is 5.00 Å². The SMILES string of the molecule is COC(=O)c1c(NC(=S)NC(Cn2cccn2)C(C)(C)C)sc2c1CCCCC2. The van der Waals surface area contributed by atoms with Crippen molar-refractivity contribution in [3.05, 3.63) is 34.5 Å². The molecule has 3 rings (SSSR count). The minimum absolute atomic E-state index is 0.0323. The molecule has 2 aromatic heterocycles. The van der Waals surface area contributed by atoms with Crippen LogP contribution in [-0.2, 0) is 24.1 Å². The smallest absolute Gasteiger partial charge is 0.341 e. The summed E-state index contributed by atoms with van der Waals surface area (Å²) in [7, 11) is 1.43. The first-order valence-corrected chi connectivity index (χ1v) is 11.3. The number of ether oxygens (including phenoxy) is 1. The highest BCUT2D eigenvalue weighted by molar-refractivity contribution is 7.80. The van der Waals surface area contributed by atoms with Crippen LogP contribution in [0, 0.1) is 5.41 Å². The van der Waals surface area contributed by atoms with Gasteiger partial charge in [0.25, 0.3) is 0 Å². The highest BCUT2D eigenvalue weighted by atomic mass is 32.1. The van der Waals surface area contributed by atoms with Gasteiger partial charge in [0.2, 0.25) is 0 Å². The van der Waals surface area contributed by atoms with Crippen LogP contribution in [0.2, 0.25) is 0 Å². The lowest BCUT2D eigenvalue weighted by Gasteiger charge is -2.32. The maximum Gasteiger partial charge on any atom is 0.341 e. The van der Waals surface area contributed by atoms with E-state index in [9.17, 15) is 4.79 Å². The lowest BCUT2D eigenvalue weighted by Crippen LogP contribution is -2.48. The molecule has 2 aromatic rings. The zero-order chi connectivity index (χ0) is 21.0. The third kappa shape index (κ3) is 5.36. The van der Waals surface area contributed by atoms with Gasteiger partial charge in [-0.05, 0) is 54.9 Å². The van der Waals surface area contributed by atoms with Crippen molar-refractivity contribution < 1.29 is 9.53 Å². The zero-order valence-corrected chi connectivity index (χ0v) is 19.2. The minimum atomic E-state index is -0.293. The minimum Gasteiger partial charge on any atom is -0.465 e. The van der Waals surface area contributed by atoms with Gasteiger partial charge in [-0.15, -0.1) is 11.3 Å². The summed E-state index contributed by atoms with van der Waals surface area (Å²) in [5.41, 5.74) is 1.75. The monoisotopic (exact) mass is 434 g/mol. The van der Waals surface area contributed by atoms with Gasteiger partial charge in [0, 0.05) is 17.3 Å². The number of aromatic nitrogens is 2. The second-order valence-electron chi connectivity index (χ2n) is 8.51. The molecule has 0 aromatic carbocycles. The summed E-state index contributed by atoms with van der Waals surface area (Å²) in [5.74, 6) is -0.293. The van der Waals surface area contributed by atoms with Crippen LogP contribution < -0.4 is 10.6 Å². The molecule has 8 heteroatoms. The normalized spacial score (nSPS) is 15.2. The van der Waals surface area contributed by atoms with E-state index in [1.165, 1.54) is 18.4 Å². The number of esters is 1. The molecule has 0 saturated carbocycles. The topological polar surface area (TPSA) is 68.2 Å². The first-order valence-electron chi connectivity index (χ1n) is 10.1. The number of fused-ring (bicyclic) bond motifs is 1. The average molecular weight is 435 g/mol. The van der Waals surface area contributed by atoms with Crippen LogP contribution in [0.1, 0.15) is 60.8 Å². The Kier molecular flexibility index (Phi) is 6.95. The third-order valence-electron chi connectivity index (χ3n) is 5.32. The molecule has 1 atom stereocenters. The van der Waals surface area contributed by atoms with Crippen molar-refractivity contribution in [3.63, 3.8) is 0 Å². The van der Waals surface area contributed by atoms with Crippen LogP contribution >= 0.6 is 23.6 Å². The van der Waals surface area contributed by atoms with E-state index in [0.29, 0.717) is 17.2 Å². The number of nitrogens with zero attached hydrogens (tertiary/aromatic N) is 2. The Morgan fingerprint density at radius 1 is 1.34 bits per heavy atom. The van der Waals surface area contributed by atoms with Gasteiger partial charge in [0.05, 0.1) is 25.3 Å². The summed E-state index contributed by atoms with van der Waals surface area (Å²) < 4.78 is 6.98. The van der Waals surface area contributed by atoms with Crippen LogP contribution in [0.15, 0.2) is 18.5 Å². The Hall–Kier alpha value is -1.93. The molecule has 0 aliphatic heterocycles. The standard InChI is InChI=1S/C21H30N4O2S2/c1-21(2,3)16(13-25-12-8-11-22-25)23-20(28)24-18-17(19(26)27-4)14-9-6-5-7-10-15(14)29-18/h8,11-12,16H,5-7,9-10,13H2,1-4H3,(H2,23,24,28). The number of thiocarbonyl (C=S) groups is 1. The number of thiophene rings is 1. The number of aryl methyl sites for hydroxylation is 1. The summed E-state index contributed by atoms with van der Waals surface area (Å²) in [5, 5.41) is 12.3. The Morgan fingerprint density at radius 3 is 2.76 bits per heavy atom. The Morgan fingerprint density at radius 2 is 2.10 bits per heavy atom. The number of anilines is 1.